The molecule has 4 rings (SSSR count). The minimum atomic E-state index is -4.40. The van der Waals surface area contributed by atoms with Gasteiger partial charge in [-0.25, -0.2) is 8.42 Å². The lowest BCUT2D eigenvalue weighted by atomic mass is 9.95. The zero-order valence-corrected chi connectivity index (χ0v) is 21.6. The van der Waals surface area contributed by atoms with Crippen LogP contribution in [-0.4, -0.2) is 44.4 Å². The third-order valence-corrected chi connectivity index (χ3v) is 8.66. The zero-order chi connectivity index (χ0) is 27.5. The van der Waals surface area contributed by atoms with Gasteiger partial charge in [0.15, 0.2) is 9.84 Å². The van der Waals surface area contributed by atoms with Gasteiger partial charge in [0.1, 0.15) is 0 Å². The molecule has 38 heavy (non-hydrogen) atoms. The number of nitrogens with zero attached hydrogens (tertiary/aromatic N) is 1. The summed E-state index contributed by atoms with van der Waals surface area (Å²) in [4.78, 5) is 14.8. The SMILES string of the molecule is CCS(=O)(=O)c1ccc(CNC(=O)c2ccc(C3CC(CO)N(c4ccc(C(F)(F)F)cc4)C3)cc2)cc1. The first-order valence-corrected chi connectivity index (χ1v) is 13.9. The first-order chi connectivity index (χ1) is 18.0. The van der Waals surface area contributed by atoms with Crippen LogP contribution in [0.4, 0.5) is 18.9 Å². The summed E-state index contributed by atoms with van der Waals surface area (Å²) in [5, 5.41) is 12.7. The van der Waals surface area contributed by atoms with Gasteiger partial charge in [-0.2, -0.15) is 13.2 Å². The molecule has 1 aliphatic heterocycles. The second kappa shape index (κ2) is 11.2. The van der Waals surface area contributed by atoms with Crippen LogP contribution in [0.2, 0.25) is 0 Å². The number of sulfone groups is 1. The van der Waals surface area contributed by atoms with E-state index in [-0.39, 0.29) is 41.7 Å². The molecule has 1 saturated heterocycles. The monoisotopic (exact) mass is 546 g/mol. The van der Waals surface area contributed by atoms with E-state index in [0.717, 1.165) is 23.3 Å². The number of hydrogen-bond acceptors (Lipinski definition) is 5. The molecule has 6 nitrogen and oxygen atoms in total. The van der Waals surface area contributed by atoms with Crippen molar-refractivity contribution in [2.24, 2.45) is 0 Å². The highest BCUT2D eigenvalue weighted by atomic mass is 32.2. The number of carbonyl (C=O) groups is 1. The van der Waals surface area contributed by atoms with E-state index in [1.807, 2.05) is 17.0 Å². The molecular formula is C28H29F3N2O4S. The predicted molar refractivity (Wildman–Crippen MR) is 139 cm³/mol. The molecule has 0 aliphatic carbocycles. The highest BCUT2D eigenvalue weighted by Gasteiger charge is 2.34. The molecule has 3 aromatic rings. The van der Waals surface area contributed by atoms with E-state index in [1.165, 1.54) is 24.3 Å². The van der Waals surface area contributed by atoms with Crippen molar-refractivity contribution < 1.29 is 31.5 Å². The summed E-state index contributed by atoms with van der Waals surface area (Å²) in [7, 11) is -3.28. The van der Waals surface area contributed by atoms with Crippen LogP contribution in [0.15, 0.2) is 77.7 Å². The Bertz CT molecular complexity index is 1360. The molecule has 10 heteroatoms. The van der Waals surface area contributed by atoms with Crippen LogP contribution < -0.4 is 10.2 Å². The smallest absolute Gasteiger partial charge is 0.394 e. The quantitative estimate of drug-likeness (QED) is 0.425. The summed E-state index contributed by atoms with van der Waals surface area (Å²) in [5.74, 6) is -0.203. The molecule has 0 aromatic heterocycles. The van der Waals surface area contributed by atoms with Crippen LogP contribution >= 0.6 is 0 Å². The van der Waals surface area contributed by atoms with Gasteiger partial charge in [0.05, 0.1) is 28.9 Å². The number of aliphatic hydroxyl groups is 1. The number of halogens is 3. The third kappa shape index (κ3) is 6.19. The lowest BCUT2D eigenvalue weighted by Crippen LogP contribution is -2.32. The number of amides is 1. The van der Waals surface area contributed by atoms with Gasteiger partial charge in [-0.15, -0.1) is 0 Å². The van der Waals surface area contributed by atoms with Gasteiger partial charge in [-0.3, -0.25) is 4.79 Å². The maximum absolute atomic E-state index is 12.9. The highest BCUT2D eigenvalue weighted by molar-refractivity contribution is 7.91. The zero-order valence-electron chi connectivity index (χ0n) is 20.8. The summed E-state index contributed by atoms with van der Waals surface area (Å²) in [6, 6.07) is 18.3. The molecule has 3 aromatic carbocycles. The van der Waals surface area contributed by atoms with Gasteiger partial charge in [-0.1, -0.05) is 31.2 Å². The molecule has 1 fully saturated rings. The fourth-order valence-corrected chi connectivity index (χ4v) is 5.55. The largest absolute Gasteiger partial charge is 0.416 e. The van der Waals surface area contributed by atoms with Crippen LogP contribution in [0.3, 0.4) is 0 Å². The van der Waals surface area contributed by atoms with Crippen LogP contribution in [0.1, 0.15) is 46.3 Å². The minimum absolute atomic E-state index is 0.0215. The standard InChI is InChI=1S/C28H29F3N2O4S/c1-2-38(36,37)26-13-3-19(4-14-26)16-32-27(35)21-7-5-20(6-8-21)22-15-25(18-34)33(17-22)24-11-9-23(10-12-24)28(29,30)31/h3-14,22,25,34H,2,15-18H2,1H3,(H,32,35). The summed E-state index contributed by atoms with van der Waals surface area (Å²) in [5.41, 5.74) is 2.12. The van der Waals surface area contributed by atoms with Gasteiger partial charge in [-0.05, 0) is 66.1 Å². The Morgan fingerprint density at radius 2 is 1.63 bits per heavy atom. The fourth-order valence-electron chi connectivity index (χ4n) is 4.66. The van der Waals surface area contributed by atoms with Crippen molar-refractivity contribution in [1.29, 1.82) is 0 Å². The maximum atomic E-state index is 12.9. The number of carbonyl (C=O) groups excluding carboxylic acids is 1. The number of nitrogens with one attached hydrogen (secondary N) is 1. The van der Waals surface area contributed by atoms with Gasteiger partial charge in [0.25, 0.3) is 5.91 Å². The highest BCUT2D eigenvalue weighted by Crippen LogP contribution is 2.37. The molecule has 0 bridgehead atoms. The van der Waals surface area contributed by atoms with Gasteiger partial charge in [0, 0.05) is 30.3 Å². The second-order valence-electron chi connectivity index (χ2n) is 9.32. The predicted octanol–water partition coefficient (Wildman–Crippen LogP) is 4.78. The van der Waals surface area contributed by atoms with E-state index >= 15 is 0 Å². The Labute approximate surface area is 220 Å². The Morgan fingerprint density at radius 3 is 2.18 bits per heavy atom. The number of anilines is 1. The minimum Gasteiger partial charge on any atom is -0.394 e. The molecule has 2 atom stereocenters. The lowest BCUT2D eigenvalue weighted by molar-refractivity contribution is -0.137. The number of aliphatic hydroxyl groups excluding tert-OH is 1. The molecule has 1 amide bonds. The van der Waals surface area contributed by atoms with Gasteiger partial charge >= 0.3 is 6.18 Å². The average Bonchev–Trinajstić information content (AvgIpc) is 3.36. The van der Waals surface area contributed by atoms with Crippen molar-refractivity contribution >= 4 is 21.4 Å². The summed E-state index contributed by atoms with van der Waals surface area (Å²) in [6.07, 6.45) is -3.77. The summed E-state index contributed by atoms with van der Waals surface area (Å²) < 4.78 is 62.6. The van der Waals surface area contributed by atoms with E-state index in [4.69, 9.17) is 0 Å². The van der Waals surface area contributed by atoms with Crippen LogP contribution in [0.5, 0.6) is 0 Å². The molecule has 2 unspecified atom stereocenters. The van der Waals surface area contributed by atoms with Crippen molar-refractivity contribution in [1.82, 2.24) is 5.32 Å². The average molecular weight is 547 g/mol. The van der Waals surface area contributed by atoms with E-state index in [9.17, 15) is 31.5 Å². The Kier molecular flexibility index (Phi) is 8.13. The fraction of sp³-hybridized carbons (Fsp3) is 0.321. The van der Waals surface area contributed by atoms with Crippen molar-refractivity contribution in [3.05, 3.63) is 95.1 Å². The number of rotatable bonds is 8. The van der Waals surface area contributed by atoms with Crippen molar-refractivity contribution in [3.8, 4) is 0 Å². The third-order valence-electron chi connectivity index (χ3n) is 6.91. The van der Waals surface area contributed by atoms with E-state index in [2.05, 4.69) is 5.32 Å². The maximum Gasteiger partial charge on any atom is 0.416 e. The Morgan fingerprint density at radius 1 is 1.00 bits per heavy atom. The normalized spacial score (nSPS) is 18.0. The lowest BCUT2D eigenvalue weighted by Gasteiger charge is -2.25. The molecule has 1 aliphatic rings. The van der Waals surface area contributed by atoms with E-state index in [0.29, 0.717) is 24.2 Å². The number of alkyl halides is 3. The van der Waals surface area contributed by atoms with Crippen molar-refractivity contribution in [2.75, 3.05) is 23.8 Å². The molecule has 0 spiro atoms. The van der Waals surface area contributed by atoms with E-state index in [1.54, 1.807) is 31.2 Å². The number of benzene rings is 3. The van der Waals surface area contributed by atoms with Gasteiger partial charge < -0.3 is 15.3 Å². The summed E-state index contributed by atoms with van der Waals surface area (Å²) >= 11 is 0. The Balaban J connectivity index is 1.37. The number of hydrogen-bond donors (Lipinski definition) is 2. The molecular weight excluding hydrogens is 517 g/mol. The van der Waals surface area contributed by atoms with Gasteiger partial charge in [0.2, 0.25) is 0 Å². The molecule has 2 N–H and O–H groups in total. The van der Waals surface area contributed by atoms with Crippen LogP contribution in [-0.2, 0) is 22.6 Å². The second-order valence-corrected chi connectivity index (χ2v) is 11.6. The van der Waals surface area contributed by atoms with Crippen molar-refractivity contribution in [3.63, 3.8) is 0 Å². The van der Waals surface area contributed by atoms with Crippen LogP contribution in [0, 0.1) is 0 Å². The molecule has 1 heterocycles. The topological polar surface area (TPSA) is 86.7 Å². The Hall–Kier alpha value is -3.37. The summed E-state index contributed by atoms with van der Waals surface area (Å²) in [6.45, 7) is 2.24. The molecule has 0 radical (unpaired) electrons. The van der Waals surface area contributed by atoms with E-state index < -0.39 is 21.6 Å². The first-order valence-electron chi connectivity index (χ1n) is 12.3. The molecule has 0 saturated carbocycles. The molecule has 202 valence electrons. The first kappa shape index (κ1) is 27.7. The van der Waals surface area contributed by atoms with Crippen LogP contribution in [0.25, 0.3) is 0 Å². The van der Waals surface area contributed by atoms with Crippen molar-refractivity contribution in [2.45, 2.75) is 42.9 Å².